The Balaban J connectivity index is 1.93. The summed E-state index contributed by atoms with van der Waals surface area (Å²) in [6.45, 7) is 3.73. The van der Waals surface area contributed by atoms with Gasteiger partial charge in [0.25, 0.3) is 5.91 Å². The van der Waals surface area contributed by atoms with Crippen LogP contribution in [0.5, 0.6) is 11.5 Å². The molecule has 0 aliphatic heterocycles. The number of nitro groups is 1. The van der Waals surface area contributed by atoms with Crippen molar-refractivity contribution in [2.45, 2.75) is 13.8 Å². The summed E-state index contributed by atoms with van der Waals surface area (Å²) in [6, 6.07) is 11.8. The van der Waals surface area contributed by atoms with E-state index in [1.165, 1.54) is 18.3 Å². The van der Waals surface area contributed by atoms with E-state index in [4.69, 9.17) is 9.47 Å². The Morgan fingerprint density at radius 1 is 1.23 bits per heavy atom. The molecule has 2 aromatic rings. The number of nitrogens with zero attached hydrogens (tertiary/aromatic N) is 2. The molecule has 0 heterocycles. The fourth-order valence-electron chi connectivity index (χ4n) is 2.12. The number of rotatable bonds is 8. The highest BCUT2D eigenvalue weighted by Crippen LogP contribution is 2.27. The second-order valence-corrected chi connectivity index (χ2v) is 5.28. The first kappa shape index (κ1) is 18.9. The highest BCUT2D eigenvalue weighted by Gasteiger charge is 2.16. The Morgan fingerprint density at radius 2 is 2.00 bits per heavy atom. The average Bonchev–Trinajstić information content (AvgIpc) is 2.62. The molecule has 136 valence electrons. The van der Waals surface area contributed by atoms with Gasteiger partial charge in [-0.3, -0.25) is 14.9 Å². The van der Waals surface area contributed by atoms with Gasteiger partial charge in [0.15, 0.2) is 12.4 Å². The van der Waals surface area contributed by atoms with Crippen LogP contribution in [0, 0.1) is 17.0 Å². The third kappa shape index (κ3) is 5.30. The van der Waals surface area contributed by atoms with Crippen molar-refractivity contribution < 1.29 is 19.2 Å². The molecule has 0 atom stereocenters. The summed E-state index contributed by atoms with van der Waals surface area (Å²) in [5, 5.41) is 14.9. The van der Waals surface area contributed by atoms with Crippen LogP contribution in [0.2, 0.25) is 0 Å². The number of para-hydroxylation sites is 1. The first-order chi connectivity index (χ1) is 12.5. The maximum Gasteiger partial charge on any atom is 0.311 e. The van der Waals surface area contributed by atoms with E-state index < -0.39 is 17.4 Å². The van der Waals surface area contributed by atoms with Gasteiger partial charge in [-0.05, 0) is 37.6 Å². The molecule has 8 heteroatoms. The van der Waals surface area contributed by atoms with E-state index in [1.54, 1.807) is 25.1 Å². The number of carbonyl (C=O) groups is 1. The van der Waals surface area contributed by atoms with Gasteiger partial charge in [-0.1, -0.05) is 18.2 Å². The molecule has 0 saturated carbocycles. The third-order valence-corrected chi connectivity index (χ3v) is 3.28. The zero-order valence-corrected chi connectivity index (χ0v) is 14.5. The molecular weight excluding hydrogens is 338 g/mol. The van der Waals surface area contributed by atoms with Crippen molar-refractivity contribution in [1.29, 1.82) is 0 Å². The topological polar surface area (TPSA) is 103 Å². The molecule has 2 aromatic carbocycles. The highest BCUT2D eigenvalue weighted by molar-refractivity contribution is 5.85. The van der Waals surface area contributed by atoms with Crippen molar-refractivity contribution in [2.24, 2.45) is 5.10 Å². The molecule has 0 radical (unpaired) electrons. The largest absolute Gasteiger partial charge is 0.493 e. The molecule has 0 aliphatic rings. The smallest absolute Gasteiger partial charge is 0.311 e. The fraction of sp³-hybridized carbons (Fsp3) is 0.222. The average molecular weight is 357 g/mol. The van der Waals surface area contributed by atoms with Crippen LogP contribution < -0.4 is 14.9 Å². The minimum Gasteiger partial charge on any atom is -0.493 e. The molecule has 0 fully saturated rings. The molecule has 0 aromatic heterocycles. The zero-order chi connectivity index (χ0) is 18.9. The lowest BCUT2D eigenvalue weighted by Gasteiger charge is -2.07. The Hall–Kier alpha value is -3.42. The van der Waals surface area contributed by atoms with Gasteiger partial charge in [0.05, 0.1) is 17.7 Å². The molecule has 0 unspecified atom stereocenters. The lowest BCUT2D eigenvalue weighted by Crippen LogP contribution is -2.24. The van der Waals surface area contributed by atoms with Crippen molar-refractivity contribution >= 4 is 17.8 Å². The van der Waals surface area contributed by atoms with Gasteiger partial charge in [-0.25, -0.2) is 5.43 Å². The molecule has 0 spiro atoms. The summed E-state index contributed by atoms with van der Waals surface area (Å²) in [4.78, 5) is 22.3. The lowest BCUT2D eigenvalue weighted by atomic mass is 10.2. The summed E-state index contributed by atoms with van der Waals surface area (Å²) in [5.41, 5.74) is 3.56. The Bertz CT molecular complexity index is 820. The quantitative estimate of drug-likeness (QED) is 0.444. The van der Waals surface area contributed by atoms with Crippen LogP contribution in [0.3, 0.4) is 0 Å². The van der Waals surface area contributed by atoms with Gasteiger partial charge in [0.1, 0.15) is 5.75 Å². The van der Waals surface area contributed by atoms with Crippen LogP contribution in [0.1, 0.15) is 18.1 Å². The van der Waals surface area contributed by atoms with E-state index in [2.05, 4.69) is 10.5 Å². The Labute approximate surface area is 150 Å². The maximum atomic E-state index is 11.8. The van der Waals surface area contributed by atoms with Gasteiger partial charge >= 0.3 is 5.69 Å². The van der Waals surface area contributed by atoms with E-state index >= 15 is 0 Å². The molecule has 26 heavy (non-hydrogen) atoms. The van der Waals surface area contributed by atoms with Gasteiger partial charge in [0.2, 0.25) is 0 Å². The Morgan fingerprint density at radius 3 is 2.73 bits per heavy atom. The van der Waals surface area contributed by atoms with E-state index in [0.29, 0.717) is 17.9 Å². The second-order valence-electron chi connectivity index (χ2n) is 5.28. The number of hydrogen-bond donors (Lipinski definition) is 1. The van der Waals surface area contributed by atoms with Crippen molar-refractivity contribution in [3.63, 3.8) is 0 Å². The van der Waals surface area contributed by atoms with Crippen LogP contribution in [0.4, 0.5) is 5.69 Å². The van der Waals surface area contributed by atoms with Gasteiger partial charge in [-0.2, -0.15) is 5.10 Å². The number of carbonyl (C=O) groups excluding carboxylic acids is 1. The number of benzene rings is 2. The Kier molecular flexibility index (Phi) is 6.67. The van der Waals surface area contributed by atoms with Gasteiger partial charge in [-0.15, -0.1) is 0 Å². The number of aryl methyl sites for hydroxylation is 1. The summed E-state index contributed by atoms with van der Waals surface area (Å²) in [7, 11) is 0. The number of ether oxygens (including phenoxy) is 2. The normalized spacial score (nSPS) is 10.5. The van der Waals surface area contributed by atoms with Crippen LogP contribution in [0.15, 0.2) is 47.6 Å². The van der Waals surface area contributed by atoms with Crippen LogP contribution in [-0.2, 0) is 4.79 Å². The molecule has 8 nitrogen and oxygen atoms in total. The monoisotopic (exact) mass is 357 g/mol. The molecule has 0 bridgehead atoms. The molecule has 0 aliphatic carbocycles. The van der Waals surface area contributed by atoms with Crippen LogP contribution >= 0.6 is 0 Å². The predicted molar refractivity (Wildman–Crippen MR) is 96.7 cm³/mol. The molecule has 0 saturated heterocycles. The van der Waals surface area contributed by atoms with Crippen LogP contribution in [-0.4, -0.2) is 30.3 Å². The molecule has 1 amide bonds. The maximum absolute atomic E-state index is 11.8. The third-order valence-electron chi connectivity index (χ3n) is 3.28. The van der Waals surface area contributed by atoms with Crippen LogP contribution in [0.25, 0.3) is 0 Å². The van der Waals surface area contributed by atoms with Crippen molar-refractivity contribution in [1.82, 2.24) is 5.43 Å². The first-order valence-electron chi connectivity index (χ1n) is 7.93. The zero-order valence-electron chi connectivity index (χ0n) is 14.5. The number of nitro benzene ring substituents is 1. The predicted octanol–water partition coefficient (Wildman–Crippen LogP) is 2.83. The van der Waals surface area contributed by atoms with E-state index in [0.717, 1.165) is 5.56 Å². The van der Waals surface area contributed by atoms with Crippen molar-refractivity contribution in [2.75, 3.05) is 13.2 Å². The molecule has 1 N–H and O–H groups in total. The van der Waals surface area contributed by atoms with Gasteiger partial charge in [0, 0.05) is 11.6 Å². The minimum atomic E-state index is -0.553. The first-order valence-corrected chi connectivity index (χ1v) is 7.93. The summed E-state index contributed by atoms with van der Waals surface area (Å²) in [5.74, 6) is 0.144. The summed E-state index contributed by atoms with van der Waals surface area (Å²) >= 11 is 0. The van der Waals surface area contributed by atoms with E-state index in [9.17, 15) is 14.9 Å². The summed E-state index contributed by atoms with van der Waals surface area (Å²) in [6.07, 6.45) is 1.46. The fourth-order valence-corrected chi connectivity index (χ4v) is 2.12. The number of nitrogens with one attached hydrogen (secondary N) is 1. The number of hydrogen-bond acceptors (Lipinski definition) is 6. The molecule has 2 rings (SSSR count). The van der Waals surface area contributed by atoms with Crippen molar-refractivity contribution in [3.05, 3.63) is 63.7 Å². The highest BCUT2D eigenvalue weighted by atomic mass is 16.6. The number of hydrazone groups is 1. The van der Waals surface area contributed by atoms with Gasteiger partial charge < -0.3 is 9.47 Å². The lowest BCUT2D eigenvalue weighted by molar-refractivity contribution is -0.385. The molecular formula is C18H19N3O5. The van der Waals surface area contributed by atoms with Crippen molar-refractivity contribution in [3.8, 4) is 11.5 Å². The van der Waals surface area contributed by atoms with E-state index in [-0.39, 0.29) is 11.4 Å². The minimum absolute atomic E-state index is 0.0291. The number of amides is 1. The standard InChI is InChI=1S/C18H19N3O5/c1-3-25-16-7-5-4-6-14(16)11-19-20-18(22)12-26-17-9-8-13(2)10-15(17)21(23)24/h4-11H,3,12H2,1-2H3,(H,20,22)/b19-11+. The SMILES string of the molecule is CCOc1ccccc1/C=N/NC(=O)COc1ccc(C)cc1[N+](=O)[O-]. The second kappa shape index (κ2) is 9.16. The van der Waals surface area contributed by atoms with E-state index in [1.807, 2.05) is 19.1 Å². The summed E-state index contributed by atoms with van der Waals surface area (Å²) < 4.78 is 10.7.